The van der Waals surface area contributed by atoms with Gasteiger partial charge in [0, 0.05) is 12.0 Å². The lowest BCUT2D eigenvalue weighted by atomic mass is 9.83. The summed E-state index contributed by atoms with van der Waals surface area (Å²) in [6, 6.07) is 0.512. The van der Waals surface area contributed by atoms with Crippen LogP contribution in [0.25, 0.3) is 0 Å². The molecular formula is C13H21N3O. The van der Waals surface area contributed by atoms with Crippen LogP contribution in [0.3, 0.4) is 0 Å². The van der Waals surface area contributed by atoms with E-state index in [2.05, 4.69) is 15.5 Å². The van der Waals surface area contributed by atoms with Gasteiger partial charge in [0.15, 0.2) is 5.82 Å². The van der Waals surface area contributed by atoms with E-state index in [1.54, 1.807) is 0 Å². The van der Waals surface area contributed by atoms with Gasteiger partial charge in [-0.25, -0.2) is 0 Å². The second-order valence-corrected chi connectivity index (χ2v) is 5.40. The molecule has 1 heterocycles. The molecule has 2 aliphatic carbocycles. The lowest BCUT2D eigenvalue weighted by Crippen LogP contribution is -2.34. The predicted octanol–water partition coefficient (Wildman–Crippen LogP) is 2.58. The molecule has 0 bridgehead atoms. The Morgan fingerprint density at radius 1 is 1.12 bits per heavy atom. The van der Waals surface area contributed by atoms with Crippen LogP contribution in [0.5, 0.6) is 0 Å². The second-order valence-electron chi connectivity index (χ2n) is 5.40. The molecular weight excluding hydrogens is 214 g/mol. The zero-order valence-electron chi connectivity index (χ0n) is 10.5. The average Bonchev–Trinajstić information content (AvgIpc) is 2.76. The lowest BCUT2D eigenvalue weighted by Gasteiger charge is -2.28. The molecule has 2 aliphatic rings. The minimum absolute atomic E-state index is 0.426. The van der Waals surface area contributed by atoms with Crippen molar-refractivity contribution in [2.45, 2.75) is 62.8 Å². The van der Waals surface area contributed by atoms with Gasteiger partial charge in [-0.3, -0.25) is 0 Å². The molecule has 0 aromatic carbocycles. The minimum atomic E-state index is 0.426. The number of rotatable bonds is 3. The number of likely N-dealkylation sites (N-methyl/N-ethyl adjacent to an activating group) is 1. The van der Waals surface area contributed by atoms with Crippen LogP contribution in [0.2, 0.25) is 0 Å². The average molecular weight is 235 g/mol. The van der Waals surface area contributed by atoms with Gasteiger partial charge in [-0.1, -0.05) is 24.4 Å². The third-order valence-corrected chi connectivity index (χ3v) is 4.38. The topological polar surface area (TPSA) is 51.0 Å². The van der Waals surface area contributed by atoms with E-state index in [1.165, 1.54) is 44.9 Å². The SMILES string of the molecule is CNC1CCCCC1c1nc(C2CCC2)no1. The number of nitrogens with one attached hydrogen (secondary N) is 1. The van der Waals surface area contributed by atoms with Crippen molar-refractivity contribution in [1.29, 1.82) is 0 Å². The molecule has 4 heteroatoms. The first-order valence-corrected chi connectivity index (χ1v) is 6.89. The van der Waals surface area contributed by atoms with E-state index in [4.69, 9.17) is 4.52 Å². The van der Waals surface area contributed by atoms with Gasteiger partial charge >= 0.3 is 0 Å². The molecule has 0 saturated heterocycles. The van der Waals surface area contributed by atoms with Crippen molar-refractivity contribution >= 4 is 0 Å². The molecule has 4 nitrogen and oxygen atoms in total. The molecule has 3 rings (SSSR count). The molecule has 0 aliphatic heterocycles. The molecule has 0 amide bonds. The van der Waals surface area contributed by atoms with Crippen LogP contribution in [-0.4, -0.2) is 23.2 Å². The molecule has 17 heavy (non-hydrogen) atoms. The highest BCUT2D eigenvalue weighted by Crippen LogP contribution is 2.37. The second kappa shape index (κ2) is 4.77. The first kappa shape index (κ1) is 11.2. The number of nitrogens with zero attached hydrogens (tertiary/aromatic N) is 2. The van der Waals surface area contributed by atoms with Crippen LogP contribution in [-0.2, 0) is 0 Å². The smallest absolute Gasteiger partial charge is 0.231 e. The van der Waals surface area contributed by atoms with Crippen molar-refractivity contribution in [2.75, 3.05) is 7.05 Å². The minimum Gasteiger partial charge on any atom is -0.339 e. The maximum Gasteiger partial charge on any atom is 0.231 e. The van der Waals surface area contributed by atoms with Gasteiger partial charge in [-0.2, -0.15) is 4.98 Å². The van der Waals surface area contributed by atoms with Crippen LogP contribution in [0.15, 0.2) is 4.52 Å². The lowest BCUT2D eigenvalue weighted by molar-refractivity contribution is 0.268. The van der Waals surface area contributed by atoms with Crippen LogP contribution in [0.1, 0.15) is 68.5 Å². The van der Waals surface area contributed by atoms with Crippen molar-refractivity contribution in [1.82, 2.24) is 15.5 Å². The normalized spacial score (nSPS) is 30.2. The summed E-state index contributed by atoms with van der Waals surface area (Å²) in [5, 5.41) is 7.56. The van der Waals surface area contributed by atoms with Gasteiger partial charge in [0.2, 0.25) is 5.89 Å². The van der Waals surface area contributed by atoms with E-state index in [-0.39, 0.29) is 0 Å². The van der Waals surface area contributed by atoms with Gasteiger partial charge in [0.25, 0.3) is 0 Å². The molecule has 1 aromatic heterocycles. The van der Waals surface area contributed by atoms with E-state index in [0.717, 1.165) is 11.7 Å². The molecule has 2 fully saturated rings. The highest BCUT2D eigenvalue weighted by molar-refractivity contribution is 5.05. The fourth-order valence-corrected chi connectivity index (χ4v) is 3.00. The van der Waals surface area contributed by atoms with Crippen LogP contribution in [0.4, 0.5) is 0 Å². The summed E-state index contributed by atoms with van der Waals surface area (Å²) in [5.74, 6) is 2.82. The van der Waals surface area contributed by atoms with Crippen molar-refractivity contribution in [2.24, 2.45) is 0 Å². The first-order chi connectivity index (χ1) is 8.38. The Balaban J connectivity index is 1.75. The standard InChI is InChI=1S/C13H21N3O/c1-14-11-8-3-2-7-10(11)13-15-12(16-17-13)9-5-4-6-9/h9-11,14H,2-8H2,1H3. The highest BCUT2D eigenvalue weighted by Gasteiger charge is 2.31. The van der Waals surface area contributed by atoms with E-state index >= 15 is 0 Å². The monoisotopic (exact) mass is 235 g/mol. The summed E-state index contributed by atoms with van der Waals surface area (Å²) in [5.41, 5.74) is 0. The molecule has 0 radical (unpaired) electrons. The maximum atomic E-state index is 5.49. The molecule has 1 aromatic rings. The Hall–Kier alpha value is -0.900. The van der Waals surface area contributed by atoms with Gasteiger partial charge in [-0.05, 0) is 32.7 Å². The number of hydrogen-bond donors (Lipinski definition) is 1. The van der Waals surface area contributed by atoms with Crippen LogP contribution < -0.4 is 5.32 Å². The van der Waals surface area contributed by atoms with Crippen molar-refractivity contribution in [3.63, 3.8) is 0 Å². The van der Waals surface area contributed by atoms with Crippen LogP contribution in [0, 0.1) is 0 Å². The fourth-order valence-electron chi connectivity index (χ4n) is 3.00. The van der Waals surface area contributed by atoms with Gasteiger partial charge in [-0.15, -0.1) is 0 Å². The van der Waals surface area contributed by atoms with E-state index in [1.807, 2.05) is 7.05 Å². The van der Waals surface area contributed by atoms with E-state index in [9.17, 15) is 0 Å². The zero-order chi connectivity index (χ0) is 11.7. The third kappa shape index (κ3) is 2.10. The molecule has 1 N–H and O–H groups in total. The molecule has 2 atom stereocenters. The third-order valence-electron chi connectivity index (χ3n) is 4.38. The summed E-state index contributed by atoms with van der Waals surface area (Å²) >= 11 is 0. The van der Waals surface area contributed by atoms with Gasteiger partial charge in [0.05, 0.1) is 5.92 Å². The fraction of sp³-hybridized carbons (Fsp3) is 0.846. The Morgan fingerprint density at radius 3 is 2.65 bits per heavy atom. The van der Waals surface area contributed by atoms with Crippen molar-refractivity contribution in [3.05, 3.63) is 11.7 Å². The van der Waals surface area contributed by atoms with Crippen LogP contribution >= 0.6 is 0 Å². The molecule has 94 valence electrons. The highest BCUT2D eigenvalue weighted by atomic mass is 16.5. The van der Waals surface area contributed by atoms with Crippen molar-refractivity contribution < 1.29 is 4.52 Å². The largest absolute Gasteiger partial charge is 0.339 e. The molecule has 0 spiro atoms. The van der Waals surface area contributed by atoms with Gasteiger partial charge < -0.3 is 9.84 Å². The summed E-state index contributed by atoms with van der Waals surface area (Å²) in [4.78, 5) is 4.64. The Kier molecular flexibility index (Phi) is 3.14. The van der Waals surface area contributed by atoms with E-state index in [0.29, 0.717) is 17.9 Å². The van der Waals surface area contributed by atoms with E-state index < -0.39 is 0 Å². The maximum absolute atomic E-state index is 5.49. The van der Waals surface area contributed by atoms with Crippen molar-refractivity contribution in [3.8, 4) is 0 Å². The summed E-state index contributed by atoms with van der Waals surface area (Å²) in [6.07, 6.45) is 8.78. The number of hydrogen-bond acceptors (Lipinski definition) is 4. The zero-order valence-corrected chi connectivity index (χ0v) is 10.5. The molecule has 2 saturated carbocycles. The predicted molar refractivity (Wildman–Crippen MR) is 64.9 cm³/mol. The summed E-state index contributed by atoms with van der Waals surface area (Å²) in [6.45, 7) is 0. The van der Waals surface area contributed by atoms with Gasteiger partial charge in [0.1, 0.15) is 0 Å². The Morgan fingerprint density at radius 2 is 1.94 bits per heavy atom. The Bertz CT molecular complexity index is 372. The first-order valence-electron chi connectivity index (χ1n) is 6.89. The summed E-state index contributed by atoms with van der Waals surface area (Å²) in [7, 11) is 2.03. The molecule has 2 unspecified atom stereocenters. The Labute approximate surface area is 102 Å². The number of aromatic nitrogens is 2. The quantitative estimate of drug-likeness (QED) is 0.875. The summed E-state index contributed by atoms with van der Waals surface area (Å²) < 4.78 is 5.49.